The molecule has 1 fully saturated rings. The van der Waals surface area contributed by atoms with E-state index in [9.17, 15) is 4.79 Å². The summed E-state index contributed by atoms with van der Waals surface area (Å²) in [7, 11) is 3.13. The van der Waals surface area contributed by atoms with Gasteiger partial charge in [-0.25, -0.2) is 0 Å². The van der Waals surface area contributed by atoms with E-state index >= 15 is 0 Å². The normalized spacial score (nSPS) is 16.4. The highest BCUT2D eigenvalue weighted by Gasteiger charge is 2.29. The summed E-state index contributed by atoms with van der Waals surface area (Å²) in [4.78, 5) is 19.5. The molecule has 3 aromatic rings. The summed E-state index contributed by atoms with van der Waals surface area (Å²) in [5.74, 6) is 2.27. The van der Waals surface area contributed by atoms with Gasteiger partial charge in [0.1, 0.15) is 0 Å². The van der Waals surface area contributed by atoms with Crippen LogP contribution in [0.5, 0.6) is 11.5 Å². The number of methoxy groups -OCH3 is 2. The van der Waals surface area contributed by atoms with Gasteiger partial charge in [0.15, 0.2) is 11.5 Å². The first-order valence-corrected chi connectivity index (χ1v) is 10.0. The van der Waals surface area contributed by atoms with Gasteiger partial charge in [-0.3, -0.25) is 4.79 Å². The predicted octanol–water partition coefficient (Wildman–Crippen LogP) is 4.08. The lowest BCUT2D eigenvalue weighted by molar-refractivity contribution is 0.0695. The van der Waals surface area contributed by atoms with Crippen molar-refractivity contribution in [1.29, 1.82) is 0 Å². The topological polar surface area (TPSA) is 77.7 Å². The van der Waals surface area contributed by atoms with Gasteiger partial charge in [0.25, 0.3) is 5.91 Å². The number of nitrogens with zero attached hydrogens (tertiary/aromatic N) is 3. The number of hydrogen-bond donors (Lipinski definition) is 0. The molecule has 1 aliphatic rings. The predicted molar refractivity (Wildman–Crippen MR) is 112 cm³/mol. The van der Waals surface area contributed by atoms with Gasteiger partial charge >= 0.3 is 0 Å². The summed E-state index contributed by atoms with van der Waals surface area (Å²) in [5.41, 5.74) is 2.67. The van der Waals surface area contributed by atoms with Crippen molar-refractivity contribution < 1.29 is 18.8 Å². The van der Waals surface area contributed by atoms with E-state index in [2.05, 4.69) is 10.1 Å². The fraction of sp³-hybridized carbons (Fsp3) is 0.348. The SMILES string of the molecule is COc1ccc(C(=O)N2CCC[C@H](c3nc(-c4ccc(C)cc4)no3)C2)cc1OC. The van der Waals surface area contributed by atoms with Gasteiger partial charge in [0.2, 0.25) is 11.7 Å². The smallest absolute Gasteiger partial charge is 0.254 e. The Kier molecular flexibility index (Phi) is 5.70. The third-order valence-corrected chi connectivity index (χ3v) is 5.44. The molecule has 0 unspecified atom stereocenters. The van der Waals surface area contributed by atoms with Crippen molar-refractivity contribution >= 4 is 5.91 Å². The highest BCUT2D eigenvalue weighted by Crippen LogP contribution is 2.31. The molecule has 2 heterocycles. The third-order valence-electron chi connectivity index (χ3n) is 5.44. The van der Waals surface area contributed by atoms with E-state index in [0.717, 1.165) is 18.4 Å². The molecule has 30 heavy (non-hydrogen) atoms. The van der Waals surface area contributed by atoms with Crippen LogP contribution in [0, 0.1) is 6.92 Å². The van der Waals surface area contributed by atoms with Crippen molar-refractivity contribution in [2.75, 3.05) is 27.3 Å². The molecule has 2 aromatic carbocycles. The van der Waals surface area contributed by atoms with Gasteiger partial charge in [-0.2, -0.15) is 4.98 Å². The summed E-state index contributed by atoms with van der Waals surface area (Å²) >= 11 is 0. The summed E-state index contributed by atoms with van der Waals surface area (Å²) in [6, 6.07) is 13.2. The van der Waals surface area contributed by atoms with Crippen LogP contribution in [0.4, 0.5) is 0 Å². The minimum absolute atomic E-state index is 0.0227. The van der Waals surface area contributed by atoms with E-state index in [-0.39, 0.29) is 11.8 Å². The monoisotopic (exact) mass is 407 g/mol. The van der Waals surface area contributed by atoms with E-state index < -0.39 is 0 Å². The molecule has 1 saturated heterocycles. The summed E-state index contributed by atoms with van der Waals surface area (Å²) in [5, 5.41) is 4.14. The second kappa shape index (κ2) is 8.57. The minimum Gasteiger partial charge on any atom is -0.493 e. The summed E-state index contributed by atoms with van der Waals surface area (Å²) < 4.78 is 16.1. The van der Waals surface area contributed by atoms with Crippen LogP contribution in [0.1, 0.15) is 40.6 Å². The number of amides is 1. The highest BCUT2D eigenvalue weighted by atomic mass is 16.5. The molecule has 0 aliphatic carbocycles. The number of benzene rings is 2. The highest BCUT2D eigenvalue weighted by molar-refractivity contribution is 5.95. The van der Waals surface area contributed by atoms with Gasteiger partial charge in [0.05, 0.1) is 20.1 Å². The maximum absolute atomic E-state index is 13.1. The molecule has 0 saturated carbocycles. The number of hydrogen-bond acceptors (Lipinski definition) is 6. The van der Waals surface area contributed by atoms with Crippen molar-refractivity contribution in [3.63, 3.8) is 0 Å². The zero-order valence-corrected chi connectivity index (χ0v) is 17.4. The maximum Gasteiger partial charge on any atom is 0.254 e. The summed E-state index contributed by atoms with van der Waals surface area (Å²) in [6.07, 6.45) is 1.79. The molecular formula is C23H25N3O4. The molecule has 1 aliphatic heterocycles. The maximum atomic E-state index is 13.1. The van der Waals surface area contributed by atoms with Crippen LogP contribution in [0.25, 0.3) is 11.4 Å². The Hall–Kier alpha value is -3.35. The Morgan fingerprint density at radius 1 is 1.10 bits per heavy atom. The number of carbonyl (C=O) groups excluding carboxylic acids is 1. The van der Waals surface area contributed by atoms with E-state index in [4.69, 9.17) is 14.0 Å². The fourth-order valence-electron chi connectivity index (χ4n) is 3.74. The van der Waals surface area contributed by atoms with E-state index in [1.54, 1.807) is 32.4 Å². The van der Waals surface area contributed by atoms with Crippen molar-refractivity contribution in [3.05, 3.63) is 59.5 Å². The van der Waals surface area contributed by atoms with E-state index in [1.807, 2.05) is 36.1 Å². The number of rotatable bonds is 5. The number of carbonyl (C=O) groups is 1. The molecule has 0 spiro atoms. The van der Waals surface area contributed by atoms with Crippen LogP contribution in [0.3, 0.4) is 0 Å². The Balaban J connectivity index is 1.49. The van der Waals surface area contributed by atoms with Crippen molar-refractivity contribution in [2.24, 2.45) is 0 Å². The number of likely N-dealkylation sites (tertiary alicyclic amines) is 1. The quantitative estimate of drug-likeness (QED) is 0.634. The fourth-order valence-corrected chi connectivity index (χ4v) is 3.74. The van der Waals surface area contributed by atoms with Gasteiger partial charge in [-0.05, 0) is 38.0 Å². The van der Waals surface area contributed by atoms with Crippen LogP contribution >= 0.6 is 0 Å². The Morgan fingerprint density at radius 2 is 1.87 bits per heavy atom. The van der Waals surface area contributed by atoms with Gasteiger partial charge in [-0.1, -0.05) is 35.0 Å². The largest absolute Gasteiger partial charge is 0.493 e. The molecule has 7 nitrogen and oxygen atoms in total. The molecular weight excluding hydrogens is 382 g/mol. The minimum atomic E-state index is -0.0427. The van der Waals surface area contributed by atoms with Crippen LogP contribution in [-0.2, 0) is 0 Å². The van der Waals surface area contributed by atoms with Gasteiger partial charge in [-0.15, -0.1) is 0 Å². The lowest BCUT2D eigenvalue weighted by Crippen LogP contribution is -2.39. The Labute approximate surface area is 175 Å². The van der Waals surface area contributed by atoms with E-state index in [0.29, 0.717) is 41.9 Å². The first kappa shape index (κ1) is 19.9. The molecule has 1 atom stereocenters. The second-order valence-electron chi connectivity index (χ2n) is 7.48. The first-order chi connectivity index (χ1) is 14.6. The Morgan fingerprint density at radius 3 is 2.60 bits per heavy atom. The zero-order chi connectivity index (χ0) is 21.1. The molecule has 7 heteroatoms. The van der Waals surface area contributed by atoms with Crippen LogP contribution in [0.15, 0.2) is 47.0 Å². The molecule has 0 bridgehead atoms. The standard InChI is InChI=1S/C23H25N3O4/c1-15-6-8-16(9-7-15)21-24-22(30-25-21)18-5-4-12-26(14-18)23(27)17-10-11-19(28-2)20(13-17)29-3/h6-11,13,18H,4-5,12,14H2,1-3H3/t18-/m0/s1. The van der Waals surface area contributed by atoms with Crippen LogP contribution in [0.2, 0.25) is 0 Å². The lowest BCUT2D eigenvalue weighted by atomic mass is 9.97. The number of ether oxygens (including phenoxy) is 2. The van der Waals surface area contributed by atoms with Gasteiger partial charge < -0.3 is 18.9 Å². The Bertz CT molecular complexity index is 1030. The summed E-state index contributed by atoms with van der Waals surface area (Å²) in [6.45, 7) is 3.28. The molecule has 0 radical (unpaired) electrons. The first-order valence-electron chi connectivity index (χ1n) is 10.0. The third kappa shape index (κ3) is 4.01. The molecule has 4 rings (SSSR count). The number of aryl methyl sites for hydroxylation is 1. The number of piperidine rings is 1. The van der Waals surface area contributed by atoms with Gasteiger partial charge in [0, 0.05) is 24.2 Å². The molecule has 156 valence electrons. The molecule has 0 N–H and O–H groups in total. The average molecular weight is 407 g/mol. The van der Waals surface area contributed by atoms with Crippen molar-refractivity contribution in [2.45, 2.75) is 25.7 Å². The average Bonchev–Trinajstić information content (AvgIpc) is 3.29. The zero-order valence-electron chi connectivity index (χ0n) is 17.4. The van der Waals surface area contributed by atoms with Crippen molar-refractivity contribution in [3.8, 4) is 22.9 Å². The second-order valence-corrected chi connectivity index (χ2v) is 7.48. The van der Waals surface area contributed by atoms with Crippen LogP contribution < -0.4 is 9.47 Å². The lowest BCUT2D eigenvalue weighted by Gasteiger charge is -2.31. The molecule has 1 aromatic heterocycles. The van der Waals surface area contributed by atoms with E-state index in [1.165, 1.54) is 5.56 Å². The molecule has 1 amide bonds. The number of aromatic nitrogens is 2. The van der Waals surface area contributed by atoms with Crippen LogP contribution in [-0.4, -0.2) is 48.3 Å². The van der Waals surface area contributed by atoms with Crippen molar-refractivity contribution in [1.82, 2.24) is 15.0 Å².